The fourth-order valence-electron chi connectivity index (χ4n) is 5.19. The number of likely N-dealkylation sites (tertiary alicyclic amines) is 1. The van der Waals surface area contributed by atoms with Crippen molar-refractivity contribution in [2.24, 2.45) is 5.92 Å². The molecule has 1 saturated carbocycles. The summed E-state index contributed by atoms with van der Waals surface area (Å²) in [6, 6.07) is 4.07. The molecule has 32 heavy (non-hydrogen) atoms. The van der Waals surface area contributed by atoms with Gasteiger partial charge in [0.15, 0.2) is 0 Å². The van der Waals surface area contributed by atoms with E-state index in [0.717, 1.165) is 68.0 Å². The van der Waals surface area contributed by atoms with Gasteiger partial charge < -0.3 is 15.0 Å². The Labute approximate surface area is 188 Å². The molecule has 2 aromatic rings. The second-order valence-corrected chi connectivity index (χ2v) is 9.80. The number of rotatable bonds is 4. The first-order chi connectivity index (χ1) is 15.4. The zero-order valence-corrected chi connectivity index (χ0v) is 19.0. The maximum absolute atomic E-state index is 12.8. The third-order valence-corrected chi connectivity index (χ3v) is 7.22. The first-order valence-corrected chi connectivity index (χ1v) is 11.8. The molecule has 7 nitrogen and oxygen atoms in total. The number of aryl methyl sites for hydroxylation is 2. The van der Waals surface area contributed by atoms with Gasteiger partial charge in [0.25, 0.3) is 5.56 Å². The average molecular weight is 437 g/mol. The van der Waals surface area contributed by atoms with Crippen molar-refractivity contribution >= 4 is 5.91 Å². The van der Waals surface area contributed by atoms with Gasteiger partial charge in [-0.05, 0) is 58.2 Å². The number of piperidine rings is 1. The number of aromatic amines is 1. The third kappa shape index (κ3) is 4.18. The molecule has 1 aromatic heterocycles. The van der Waals surface area contributed by atoms with E-state index >= 15 is 0 Å². The van der Waals surface area contributed by atoms with Gasteiger partial charge in [0.1, 0.15) is 11.6 Å². The van der Waals surface area contributed by atoms with Gasteiger partial charge in [-0.2, -0.15) is 0 Å². The number of nitrogens with zero attached hydrogens (tertiary/aromatic N) is 3. The van der Waals surface area contributed by atoms with Crippen LogP contribution in [0.2, 0.25) is 0 Å². The molecule has 0 radical (unpaired) electrons. The molecule has 1 aromatic carbocycles. The Hall–Kier alpha value is -2.67. The summed E-state index contributed by atoms with van der Waals surface area (Å²) >= 11 is 0. The summed E-state index contributed by atoms with van der Waals surface area (Å²) in [5, 5.41) is 10.4. The van der Waals surface area contributed by atoms with Crippen molar-refractivity contribution in [3.05, 3.63) is 56.3 Å². The fraction of sp³-hybridized carbons (Fsp3) is 0.560. The van der Waals surface area contributed by atoms with Gasteiger partial charge in [-0.15, -0.1) is 0 Å². The lowest BCUT2D eigenvalue weighted by atomic mass is 9.94. The number of fused-ring (bicyclic) bond motifs is 1. The van der Waals surface area contributed by atoms with E-state index in [1.165, 1.54) is 5.56 Å². The highest BCUT2D eigenvalue weighted by Crippen LogP contribution is 2.33. The van der Waals surface area contributed by atoms with Gasteiger partial charge in [0, 0.05) is 36.9 Å². The number of carbonyl (C=O) groups is 1. The highest BCUT2D eigenvalue weighted by Gasteiger charge is 2.35. The number of nitrogens with one attached hydrogen (secondary N) is 1. The molecule has 0 atom stereocenters. The molecule has 0 spiro atoms. The van der Waals surface area contributed by atoms with Crippen LogP contribution >= 0.6 is 0 Å². The standard InChI is InChI=1S/C25H32N4O3/c1-15-11-16(2)22(30)19(12-15)13-28-8-5-17(6-9-28)23-26-21-7-10-29(25(32)18-3-4-18)14-20(21)24(31)27-23/h11-12,17-18,30H,3-10,13-14H2,1-2H3,(H,26,27,31). The van der Waals surface area contributed by atoms with Crippen molar-refractivity contribution in [2.75, 3.05) is 19.6 Å². The van der Waals surface area contributed by atoms with E-state index < -0.39 is 0 Å². The van der Waals surface area contributed by atoms with Crippen LogP contribution in [0.5, 0.6) is 5.75 Å². The lowest BCUT2D eigenvalue weighted by molar-refractivity contribution is -0.133. The second kappa shape index (κ2) is 8.35. The normalized spacial score (nSPS) is 19.8. The Morgan fingerprint density at radius 3 is 2.62 bits per heavy atom. The van der Waals surface area contributed by atoms with Gasteiger partial charge in [0.05, 0.1) is 17.8 Å². The lowest BCUT2D eigenvalue weighted by Crippen LogP contribution is -2.41. The van der Waals surface area contributed by atoms with Gasteiger partial charge in [0.2, 0.25) is 5.91 Å². The maximum Gasteiger partial charge on any atom is 0.256 e. The van der Waals surface area contributed by atoms with Gasteiger partial charge in [-0.1, -0.05) is 17.7 Å². The Morgan fingerprint density at radius 1 is 1.16 bits per heavy atom. The van der Waals surface area contributed by atoms with E-state index in [1.54, 1.807) is 0 Å². The summed E-state index contributed by atoms with van der Waals surface area (Å²) in [6.45, 7) is 7.60. The van der Waals surface area contributed by atoms with Crippen LogP contribution in [0.25, 0.3) is 0 Å². The first-order valence-electron chi connectivity index (χ1n) is 11.8. The number of hydrogen-bond acceptors (Lipinski definition) is 5. The van der Waals surface area contributed by atoms with Crippen molar-refractivity contribution in [3.63, 3.8) is 0 Å². The van der Waals surface area contributed by atoms with Crippen LogP contribution in [-0.2, 0) is 24.3 Å². The van der Waals surface area contributed by atoms with Crippen LogP contribution in [0.4, 0.5) is 0 Å². The van der Waals surface area contributed by atoms with Crippen LogP contribution in [0, 0.1) is 19.8 Å². The lowest BCUT2D eigenvalue weighted by Gasteiger charge is -2.33. The quantitative estimate of drug-likeness (QED) is 0.769. The minimum atomic E-state index is -0.0825. The van der Waals surface area contributed by atoms with Crippen LogP contribution in [0.3, 0.4) is 0 Å². The molecule has 1 amide bonds. The highest BCUT2D eigenvalue weighted by molar-refractivity contribution is 5.81. The van der Waals surface area contributed by atoms with Crippen molar-refractivity contribution < 1.29 is 9.90 Å². The maximum atomic E-state index is 12.8. The molecule has 7 heteroatoms. The number of phenolic OH excluding ortho intramolecular Hbond substituents is 1. The second-order valence-electron chi connectivity index (χ2n) is 9.80. The molecule has 5 rings (SSSR count). The summed E-state index contributed by atoms with van der Waals surface area (Å²) in [4.78, 5) is 37.3. The summed E-state index contributed by atoms with van der Waals surface area (Å²) < 4.78 is 0. The predicted molar refractivity (Wildman–Crippen MR) is 122 cm³/mol. The van der Waals surface area contributed by atoms with Crippen molar-refractivity contribution in [2.45, 2.75) is 65.0 Å². The summed E-state index contributed by atoms with van der Waals surface area (Å²) in [5.41, 5.74) is 4.51. The molecular weight excluding hydrogens is 404 g/mol. The smallest absolute Gasteiger partial charge is 0.256 e. The molecule has 0 bridgehead atoms. The van der Waals surface area contributed by atoms with Crippen LogP contribution in [-0.4, -0.2) is 50.4 Å². The van der Waals surface area contributed by atoms with E-state index in [2.05, 4.69) is 22.9 Å². The van der Waals surface area contributed by atoms with E-state index in [4.69, 9.17) is 4.98 Å². The minimum absolute atomic E-state index is 0.0825. The fourth-order valence-corrected chi connectivity index (χ4v) is 5.19. The number of benzene rings is 1. The van der Waals surface area contributed by atoms with Gasteiger partial charge in [-0.3, -0.25) is 14.5 Å². The number of phenols is 1. The number of hydrogen-bond donors (Lipinski definition) is 2. The monoisotopic (exact) mass is 436 g/mol. The Balaban J connectivity index is 1.24. The largest absolute Gasteiger partial charge is 0.507 e. The topological polar surface area (TPSA) is 89.5 Å². The Kier molecular flexibility index (Phi) is 5.53. The Bertz CT molecular complexity index is 1100. The molecule has 170 valence electrons. The summed E-state index contributed by atoms with van der Waals surface area (Å²) in [5.74, 6) is 1.81. The number of aromatic nitrogens is 2. The number of aromatic hydroxyl groups is 1. The minimum Gasteiger partial charge on any atom is -0.507 e. The van der Waals surface area contributed by atoms with E-state index in [1.807, 2.05) is 17.9 Å². The molecule has 2 N–H and O–H groups in total. The highest BCUT2D eigenvalue weighted by atomic mass is 16.3. The van der Waals surface area contributed by atoms with Crippen LogP contribution < -0.4 is 5.56 Å². The molecule has 2 aliphatic heterocycles. The van der Waals surface area contributed by atoms with E-state index in [-0.39, 0.29) is 23.3 Å². The molecular formula is C25H32N4O3. The van der Waals surface area contributed by atoms with Crippen molar-refractivity contribution in [1.29, 1.82) is 0 Å². The zero-order valence-electron chi connectivity index (χ0n) is 19.0. The Morgan fingerprint density at radius 2 is 1.91 bits per heavy atom. The number of amides is 1. The third-order valence-electron chi connectivity index (χ3n) is 7.22. The molecule has 1 saturated heterocycles. The SMILES string of the molecule is Cc1cc(C)c(O)c(CN2CCC(c3nc4c(c(=O)[nH]3)CN(C(=O)C3CC3)CC4)CC2)c1. The van der Waals surface area contributed by atoms with Crippen LogP contribution in [0.15, 0.2) is 16.9 Å². The van der Waals surface area contributed by atoms with Crippen molar-refractivity contribution in [1.82, 2.24) is 19.8 Å². The van der Waals surface area contributed by atoms with E-state index in [0.29, 0.717) is 30.8 Å². The van der Waals surface area contributed by atoms with Gasteiger partial charge in [-0.25, -0.2) is 4.98 Å². The zero-order chi connectivity index (χ0) is 22.4. The molecule has 1 aliphatic carbocycles. The number of H-pyrrole nitrogens is 1. The molecule has 2 fully saturated rings. The summed E-state index contributed by atoms with van der Waals surface area (Å²) in [6.07, 6.45) is 4.49. The average Bonchev–Trinajstić information content (AvgIpc) is 3.62. The molecule has 3 aliphatic rings. The molecule has 3 heterocycles. The predicted octanol–water partition coefficient (Wildman–Crippen LogP) is 2.77. The number of carbonyl (C=O) groups excluding carboxylic acids is 1. The summed E-state index contributed by atoms with van der Waals surface area (Å²) in [7, 11) is 0. The first kappa shape index (κ1) is 21.2. The molecule has 0 unspecified atom stereocenters. The van der Waals surface area contributed by atoms with E-state index in [9.17, 15) is 14.7 Å². The van der Waals surface area contributed by atoms with Crippen molar-refractivity contribution in [3.8, 4) is 5.75 Å². The van der Waals surface area contributed by atoms with Crippen LogP contribution in [0.1, 0.15) is 65.4 Å². The van der Waals surface area contributed by atoms with Gasteiger partial charge >= 0.3 is 0 Å².